The van der Waals surface area contributed by atoms with Crippen LogP contribution in [-0.4, -0.2) is 24.0 Å². The zero-order valence-electron chi connectivity index (χ0n) is 17.6. The molecule has 0 aliphatic carbocycles. The van der Waals surface area contributed by atoms with E-state index in [0.717, 1.165) is 10.9 Å². The normalized spacial score (nSPS) is 12.2. The summed E-state index contributed by atoms with van der Waals surface area (Å²) in [5.74, 6) is 0.678. The third-order valence-electron chi connectivity index (χ3n) is 4.42. The molecule has 1 unspecified atom stereocenters. The van der Waals surface area contributed by atoms with Crippen molar-refractivity contribution < 1.29 is 14.3 Å². The van der Waals surface area contributed by atoms with E-state index in [9.17, 15) is 9.59 Å². The number of benzene rings is 2. The lowest BCUT2D eigenvalue weighted by atomic mass is 9.99. The van der Waals surface area contributed by atoms with E-state index in [-0.39, 0.29) is 24.0 Å². The van der Waals surface area contributed by atoms with Crippen LogP contribution >= 0.6 is 15.9 Å². The third-order valence-corrected chi connectivity index (χ3v) is 5.04. The largest absolute Gasteiger partial charge is 0.483 e. The van der Waals surface area contributed by atoms with Gasteiger partial charge in [0.25, 0.3) is 11.8 Å². The summed E-state index contributed by atoms with van der Waals surface area (Å²) in [6.45, 7) is 10.00. The van der Waals surface area contributed by atoms with Gasteiger partial charge in [-0.25, -0.2) is 0 Å². The molecule has 2 aromatic carbocycles. The Morgan fingerprint density at radius 3 is 2.31 bits per heavy atom. The number of halogens is 1. The summed E-state index contributed by atoms with van der Waals surface area (Å²) < 4.78 is 6.46. The van der Waals surface area contributed by atoms with E-state index in [1.165, 1.54) is 5.56 Å². The number of carbonyl (C=O) groups excluding carboxylic acids is 2. The van der Waals surface area contributed by atoms with Gasteiger partial charge in [0.05, 0.1) is 4.47 Å². The molecule has 156 valence electrons. The van der Waals surface area contributed by atoms with Crippen LogP contribution in [0.25, 0.3) is 0 Å². The van der Waals surface area contributed by atoms with Crippen LogP contribution in [0.2, 0.25) is 0 Å². The molecule has 0 aliphatic rings. The number of ether oxygens (including phenoxy) is 1. The van der Waals surface area contributed by atoms with Gasteiger partial charge in [-0.1, -0.05) is 19.9 Å². The van der Waals surface area contributed by atoms with Crippen LogP contribution in [-0.2, 0) is 4.79 Å². The lowest BCUT2D eigenvalue weighted by Crippen LogP contribution is -2.40. The molecule has 0 aliphatic heterocycles. The Bertz CT molecular complexity index is 857. The first kappa shape index (κ1) is 22.9. The SMILES string of the molecule is CCC(C)c1ccc(OCC(=O)Nc2ccc(C(=O)NC(C)(C)C)cc2)c(Br)c1. The molecule has 0 saturated carbocycles. The zero-order valence-corrected chi connectivity index (χ0v) is 19.2. The van der Waals surface area contributed by atoms with Crippen molar-refractivity contribution in [2.75, 3.05) is 11.9 Å². The van der Waals surface area contributed by atoms with Crippen molar-refractivity contribution in [1.29, 1.82) is 0 Å². The van der Waals surface area contributed by atoms with E-state index < -0.39 is 0 Å². The molecule has 5 nitrogen and oxygen atoms in total. The van der Waals surface area contributed by atoms with Crippen molar-refractivity contribution in [3.63, 3.8) is 0 Å². The maximum Gasteiger partial charge on any atom is 0.262 e. The number of hydrogen-bond acceptors (Lipinski definition) is 3. The lowest BCUT2D eigenvalue weighted by molar-refractivity contribution is -0.118. The Kier molecular flexibility index (Phi) is 7.85. The highest BCUT2D eigenvalue weighted by molar-refractivity contribution is 9.10. The van der Waals surface area contributed by atoms with Crippen LogP contribution in [0.5, 0.6) is 5.75 Å². The van der Waals surface area contributed by atoms with E-state index in [2.05, 4.69) is 40.4 Å². The molecule has 0 radical (unpaired) electrons. The molecule has 0 heterocycles. The van der Waals surface area contributed by atoms with Gasteiger partial charge in [-0.15, -0.1) is 0 Å². The van der Waals surface area contributed by atoms with Crippen LogP contribution in [0.3, 0.4) is 0 Å². The first-order valence-electron chi connectivity index (χ1n) is 9.73. The Morgan fingerprint density at radius 1 is 1.10 bits per heavy atom. The maximum absolute atomic E-state index is 12.2. The average molecular weight is 461 g/mol. The minimum absolute atomic E-state index is 0.104. The van der Waals surface area contributed by atoms with Crippen LogP contribution in [0, 0.1) is 0 Å². The van der Waals surface area contributed by atoms with Crippen molar-refractivity contribution in [3.05, 3.63) is 58.1 Å². The highest BCUT2D eigenvalue weighted by atomic mass is 79.9. The third kappa shape index (κ3) is 7.20. The fourth-order valence-corrected chi connectivity index (χ4v) is 3.15. The summed E-state index contributed by atoms with van der Waals surface area (Å²) in [5.41, 5.74) is 2.07. The average Bonchev–Trinajstić information content (AvgIpc) is 2.65. The molecular formula is C23H29BrN2O3. The minimum Gasteiger partial charge on any atom is -0.483 e. The molecule has 0 saturated heterocycles. The van der Waals surface area contributed by atoms with Gasteiger partial charge in [0.1, 0.15) is 5.75 Å². The molecule has 1 atom stereocenters. The predicted molar refractivity (Wildman–Crippen MR) is 121 cm³/mol. The van der Waals surface area contributed by atoms with E-state index in [1.54, 1.807) is 24.3 Å². The molecule has 2 rings (SSSR count). The van der Waals surface area contributed by atoms with Gasteiger partial charge in [0.15, 0.2) is 6.61 Å². The second-order valence-corrected chi connectivity index (χ2v) is 8.97. The molecule has 29 heavy (non-hydrogen) atoms. The van der Waals surface area contributed by atoms with Gasteiger partial charge >= 0.3 is 0 Å². The van der Waals surface area contributed by atoms with Crippen molar-refractivity contribution in [1.82, 2.24) is 5.32 Å². The Hall–Kier alpha value is -2.34. The van der Waals surface area contributed by atoms with Crippen molar-refractivity contribution in [2.45, 2.75) is 52.5 Å². The van der Waals surface area contributed by atoms with Crippen LogP contribution in [0.15, 0.2) is 46.9 Å². The number of anilines is 1. The standard InChI is InChI=1S/C23H29BrN2O3/c1-6-15(2)17-9-12-20(19(24)13-17)29-14-21(27)25-18-10-7-16(8-11-18)22(28)26-23(3,4)5/h7-13,15H,6,14H2,1-5H3,(H,25,27)(H,26,28). The molecule has 6 heteroatoms. The first-order valence-corrected chi connectivity index (χ1v) is 10.5. The van der Waals surface area contributed by atoms with E-state index in [1.807, 2.05) is 39.0 Å². The lowest BCUT2D eigenvalue weighted by Gasteiger charge is -2.20. The van der Waals surface area contributed by atoms with Crippen molar-refractivity contribution in [2.24, 2.45) is 0 Å². The van der Waals surface area contributed by atoms with E-state index in [0.29, 0.717) is 22.9 Å². The minimum atomic E-state index is -0.303. The molecular weight excluding hydrogens is 432 g/mol. The first-order chi connectivity index (χ1) is 13.6. The monoisotopic (exact) mass is 460 g/mol. The summed E-state index contributed by atoms with van der Waals surface area (Å²) in [6, 6.07) is 12.7. The summed E-state index contributed by atoms with van der Waals surface area (Å²) in [7, 11) is 0. The Labute approximate surface area is 181 Å². The van der Waals surface area contributed by atoms with Gasteiger partial charge in [0.2, 0.25) is 0 Å². The summed E-state index contributed by atoms with van der Waals surface area (Å²) in [5, 5.41) is 5.68. The number of carbonyl (C=O) groups is 2. The summed E-state index contributed by atoms with van der Waals surface area (Å²) >= 11 is 3.51. The number of nitrogens with one attached hydrogen (secondary N) is 2. The van der Waals surface area contributed by atoms with E-state index >= 15 is 0 Å². The highest BCUT2D eigenvalue weighted by Crippen LogP contribution is 2.30. The Balaban J connectivity index is 1.90. The maximum atomic E-state index is 12.2. The number of hydrogen-bond donors (Lipinski definition) is 2. The fraction of sp³-hybridized carbons (Fsp3) is 0.391. The molecule has 0 fully saturated rings. The number of rotatable bonds is 7. The van der Waals surface area contributed by atoms with Crippen molar-refractivity contribution >= 4 is 33.4 Å². The Morgan fingerprint density at radius 2 is 1.76 bits per heavy atom. The molecule has 0 spiro atoms. The van der Waals surface area contributed by atoms with Gasteiger partial charge in [-0.05, 0) is 91.0 Å². The smallest absolute Gasteiger partial charge is 0.262 e. The predicted octanol–water partition coefficient (Wildman–Crippen LogP) is 5.51. The molecule has 2 N–H and O–H groups in total. The quantitative estimate of drug-likeness (QED) is 0.572. The topological polar surface area (TPSA) is 67.4 Å². The van der Waals surface area contributed by atoms with Crippen LogP contribution in [0.4, 0.5) is 5.69 Å². The molecule has 2 amide bonds. The number of amides is 2. The zero-order chi connectivity index (χ0) is 21.6. The second-order valence-electron chi connectivity index (χ2n) is 8.12. The van der Waals surface area contributed by atoms with Crippen molar-refractivity contribution in [3.8, 4) is 5.75 Å². The molecule has 0 aromatic heterocycles. The molecule has 0 bridgehead atoms. The van der Waals surface area contributed by atoms with Gasteiger partial charge in [-0.2, -0.15) is 0 Å². The summed E-state index contributed by atoms with van der Waals surface area (Å²) in [6.07, 6.45) is 1.06. The fourth-order valence-electron chi connectivity index (χ4n) is 2.63. The van der Waals surface area contributed by atoms with Crippen LogP contribution < -0.4 is 15.4 Å². The van der Waals surface area contributed by atoms with Crippen LogP contribution in [0.1, 0.15) is 62.9 Å². The highest BCUT2D eigenvalue weighted by Gasteiger charge is 2.15. The summed E-state index contributed by atoms with van der Waals surface area (Å²) in [4.78, 5) is 24.3. The molecule has 2 aromatic rings. The van der Waals surface area contributed by atoms with E-state index in [4.69, 9.17) is 4.74 Å². The van der Waals surface area contributed by atoms with Gasteiger partial charge in [0, 0.05) is 16.8 Å². The second kappa shape index (κ2) is 9.92. The van der Waals surface area contributed by atoms with Gasteiger partial charge < -0.3 is 15.4 Å². The van der Waals surface area contributed by atoms with Gasteiger partial charge in [-0.3, -0.25) is 9.59 Å².